The molecule has 0 aliphatic carbocycles. The average Bonchev–Trinajstić information content (AvgIpc) is 2.48. The summed E-state index contributed by atoms with van der Waals surface area (Å²) in [5.74, 6) is 0.897. The maximum absolute atomic E-state index is 11.2. The van der Waals surface area contributed by atoms with E-state index in [1.165, 1.54) is 14.2 Å². The number of hydrogen-bond acceptors (Lipinski definition) is 4. The SMILES string of the molecule is COc1cc(-c2ccc(Cl)c(N)c2)cc(C=O)c1OC. The molecule has 0 radical (unpaired) electrons. The summed E-state index contributed by atoms with van der Waals surface area (Å²) >= 11 is 5.91. The van der Waals surface area contributed by atoms with Gasteiger partial charge in [0.25, 0.3) is 0 Å². The normalized spacial score (nSPS) is 10.2. The highest BCUT2D eigenvalue weighted by molar-refractivity contribution is 6.33. The van der Waals surface area contributed by atoms with Crippen LogP contribution in [0.5, 0.6) is 11.5 Å². The lowest BCUT2D eigenvalue weighted by Crippen LogP contribution is -1.96. The zero-order chi connectivity index (χ0) is 14.7. The fraction of sp³-hybridized carbons (Fsp3) is 0.133. The zero-order valence-corrected chi connectivity index (χ0v) is 11.9. The number of aldehydes is 1. The van der Waals surface area contributed by atoms with Crippen LogP contribution in [0, 0.1) is 0 Å². The molecule has 0 aromatic heterocycles. The summed E-state index contributed by atoms with van der Waals surface area (Å²) < 4.78 is 10.4. The molecular weight excluding hydrogens is 278 g/mol. The van der Waals surface area contributed by atoms with Crippen LogP contribution in [0.25, 0.3) is 11.1 Å². The van der Waals surface area contributed by atoms with Crippen molar-refractivity contribution >= 4 is 23.6 Å². The number of methoxy groups -OCH3 is 2. The number of carbonyl (C=O) groups excluding carboxylic acids is 1. The molecule has 5 heteroatoms. The van der Waals surface area contributed by atoms with E-state index in [-0.39, 0.29) is 0 Å². The fourth-order valence-corrected chi connectivity index (χ4v) is 2.09. The molecule has 0 saturated carbocycles. The number of carbonyl (C=O) groups is 1. The molecule has 0 bridgehead atoms. The van der Waals surface area contributed by atoms with E-state index in [2.05, 4.69) is 0 Å². The van der Waals surface area contributed by atoms with Gasteiger partial charge in [-0.3, -0.25) is 4.79 Å². The molecule has 0 aliphatic heterocycles. The first kappa shape index (κ1) is 14.2. The van der Waals surface area contributed by atoms with Crippen LogP contribution >= 0.6 is 11.6 Å². The summed E-state index contributed by atoms with van der Waals surface area (Å²) in [5, 5.41) is 0.491. The fourth-order valence-electron chi connectivity index (χ4n) is 1.97. The van der Waals surface area contributed by atoms with Gasteiger partial charge in [0.15, 0.2) is 17.8 Å². The molecule has 104 valence electrons. The van der Waals surface area contributed by atoms with Gasteiger partial charge >= 0.3 is 0 Å². The Morgan fingerprint density at radius 1 is 1.10 bits per heavy atom. The first-order valence-corrected chi connectivity index (χ1v) is 6.25. The quantitative estimate of drug-likeness (QED) is 0.692. The van der Waals surface area contributed by atoms with Gasteiger partial charge in [-0.05, 0) is 35.4 Å². The molecule has 0 unspecified atom stereocenters. The molecule has 2 aromatic carbocycles. The number of hydrogen-bond donors (Lipinski definition) is 1. The first-order chi connectivity index (χ1) is 9.60. The van der Waals surface area contributed by atoms with Crippen molar-refractivity contribution in [2.75, 3.05) is 20.0 Å². The first-order valence-electron chi connectivity index (χ1n) is 5.87. The second-order valence-electron chi connectivity index (χ2n) is 4.16. The minimum absolute atomic E-state index is 0.410. The van der Waals surface area contributed by atoms with Crippen LogP contribution in [-0.4, -0.2) is 20.5 Å². The van der Waals surface area contributed by atoms with Crippen LogP contribution < -0.4 is 15.2 Å². The Hall–Kier alpha value is -2.20. The number of benzene rings is 2. The number of anilines is 1. The summed E-state index contributed by atoms with van der Waals surface area (Å²) in [6.45, 7) is 0. The van der Waals surface area contributed by atoms with Crippen molar-refractivity contribution in [3.8, 4) is 22.6 Å². The Balaban J connectivity index is 2.62. The lowest BCUT2D eigenvalue weighted by molar-refractivity contribution is 0.112. The third kappa shape index (κ3) is 2.56. The van der Waals surface area contributed by atoms with Gasteiger partial charge in [-0.2, -0.15) is 0 Å². The second kappa shape index (κ2) is 5.84. The smallest absolute Gasteiger partial charge is 0.171 e. The van der Waals surface area contributed by atoms with E-state index in [0.717, 1.165) is 17.4 Å². The van der Waals surface area contributed by atoms with Crippen LogP contribution in [0.1, 0.15) is 10.4 Å². The molecule has 4 nitrogen and oxygen atoms in total. The number of halogens is 1. The molecule has 0 atom stereocenters. The third-order valence-electron chi connectivity index (χ3n) is 2.96. The van der Waals surface area contributed by atoms with Crippen molar-refractivity contribution in [2.45, 2.75) is 0 Å². The Bertz CT molecular complexity index is 656. The van der Waals surface area contributed by atoms with E-state index in [0.29, 0.717) is 27.8 Å². The zero-order valence-electron chi connectivity index (χ0n) is 11.1. The van der Waals surface area contributed by atoms with Gasteiger partial charge in [0, 0.05) is 0 Å². The second-order valence-corrected chi connectivity index (χ2v) is 4.56. The van der Waals surface area contributed by atoms with Crippen molar-refractivity contribution in [1.82, 2.24) is 0 Å². The lowest BCUT2D eigenvalue weighted by atomic mass is 10.0. The molecule has 0 spiro atoms. The standard InChI is InChI=1S/C15H14ClNO3/c1-19-14-7-10(5-11(8-18)15(14)20-2)9-3-4-12(16)13(17)6-9/h3-8H,17H2,1-2H3. The van der Waals surface area contributed by atoms with Gasteiger partial charge in [0.1, 0.15) is 0 Å². The predicted molar refractivity (Wildman–Crippen MR) is 79.8 cm³/mol. The summed E-state index contributed by atoms with van der Waals surface area (Å²) in [6.07, 6.45) is 0.726. The Morgan fingerprint density at radius 2 is 1.85 bits per heavy atom. The third-order valence-corrected chi connectivity index (χ3v) is 3.31. The van der Waals surface area contributed by atoms with Crippen molar-refractivity contribution in [1.29, 1.82) is 0 Å². The predicted octanol–water partition coefficient (Wildman–Crippen LogP) is 3.42. The van der Waals surface area contributed by atoms with Crippen LogP contribution in [0.2, 0.25) is 5.02 Å². The van der Waals surface area contributed by atoms with E-state index in [1.54, 1.807) is 24.3 Å². The van der Waals surface area contributed by atoms with Gasteiger partial charge in [-0.1, -0.05) is 17.7 Å². The molecule has 0 heterocycles. The van der Waals surface area contributed by atoms with E-state index in [9.17, 15) is 4.79 Å². The average molecular weight is 292 g/mol. The maximum atomic E-state index is 11.2. The van der Waals surface area contributed by atoms with Crippen LogP contribution in [0.3, 0.4) is 0 Å². The van der Waals surface area contributed by atoms with Gasteiger partial charge in [0.05, 0.1) is 30.5 Å². The maximum Gasteiger partial charge on any atom is 0.171 e. The highest BCUT2D eigenvalue weighted by atomic mass is 35.5. The monoisotopic (exact) mass is 291 g/mol. The molecule has 0 saturated heterocycles. The minimum Gasteiger partial charge on any atom is -0.493 e. The number of rotatable bonds is 4. The molecule has 20 heavy (non-hydrogen) atoms. The number of nitrogens with two attached hydrogens (primary N) is 1. The summed E-state index contributed by atoms with van der Waals surface area (Å²) in [4.78, 5) is 11.2. The minimum atomic E-state index is 0.410. The molecular formula is C15H14ClNO3. The molecule has 0 fully saturated rings. The van der Waals surface area contributed by atoms with E-state index < -0.39 is 0 Å². The largest absolute Gasteiger partial charge is 0.493 e. The molecule has 2 aromatic rings. The van der Waals surface area contributed by atoms with Crippen molar-refractivity contribution < 1.29 is 14.3 Å². The number of nitrogen functional groups attached to an aromatic ring is 1. The Labute approximate surface area is 122 Å². The highest BCUT2D eigenvalue weighted by Gasteiger charge is 2.13. The topological polar surface area (TPSA) is 61.5 Å². The summed E-state index contributed by atoms with van der Waals surface area (Å²) in [5.41, 5.74) is 8.33. The lowest BCUT2D eigenvalue weighted by Gasteiger charge is -2.13. The van der Waals surface area contributed by atoms with Gasteiger partial charge in [-0.15, -0.1) is 0 Å². The molecule has 2 rings (SSSR count). The van der Waals surface area contributed by atoms with Crippen LogP contribution in [0.15, 0.2) is 30.3 Å². The van der Waals surface area contributed by atoms with Crippen molar-refractivity contribution in [3.63, 3.8) is 0 Å². The molecule has 0 amide bonds. The summed E-state index contributed by atoms with van der Waals surface area (Å²) in [7, 11) is 3.01. The van der Waals surface area contributed by atoms with Crippen molar-refractivity contribution in [3.05, 3.63) is 40.9 Å². The Kier molecular flexibility index (Phi) is 4.15. The van der Waals surface area contributed by atoms with E-state index in [4.69, 9.17) is 26.8 Å². The van der Waals surface area contributed by atoms with Gasteiger partial charge < -0.3 is 15.2 Å². The van der Waals surface area contributed by atoms with Gasteiger partial charge in [0.2, 0.25) is 0 Å². The van der Waals surface area contributed by atoms with Gasteiger partial charge in [-0.25, -0.2) is 0 Å². The molecule has 2 N–H and O–H groups in total. The van der Waals surface area contributed by atoms with E-state index in [1.807, 2.05) is 6.07 Å². The summed E-state index contributed by atoms with van der Waals surface area (Å²) in [6, 6.07) is 8.79. The van der Waals surface area contributed by atoms with Crippen molar-refractivity contribution in [2.24, 2.45) is 0 Å². The number of ether oxygens (including phenoxy) is 2. The van der Waals surface area contributed by atoms with Crippen LogP contribution in [-0.2, 0) is 0 Å². The van der Waals surface area contributed by atoms with Crippen LogP contribution in [0.4, 0.5) is 5.69 Å². The molecule has 0 aliphatic rings. The highest BCUT2D eigenvalue weighted by Crippen LogP contribution is 2.36. The van der Waals surface area contributed by atoms with E-state index >= 15 is 0 Å². The Morgan fingerprint density at radius 3 is 2.40 bits per heavy atom.